The summed E-state index contributed by atoms with van der Waals surface area (Å²) in [5.41, 5.74) is -0.668. The van der Waals surface area contributed by atoms with Gasteiger partial charge in [-0.15, -0.1) is 0 Å². The van der Waals surface area contributed by atoms with E-state index in [2.05, 4.69) is 16.8 Å². The smallest absolute Gasteiger partial charge is 0.349 e. The number of halogens is 2. The summed E-state index contributed by atoms with van der Waals surface area (Å²) in [5, 5.41) is 0.245. The second-order valence-electron chi connectivity index (χ2n) is 7.31. The molecule has 1 aromatic heterocycles. The molecule has 3 heterocycles. The molecule has 2 atom stereocenters. The molecule has 0 spiro atoms. The van der Waals surface area contributed by atoms with Crippen LogP contribution in [0.25, 0.3) is 10.9 Å². The van der Waals surface area contributed by atoms with E-state index >= 15 is 0 Å². The van der Waals surface area contributed by atoms with Crippen molar-refractivity contribution in [3.8, 4) is 5.75 Å². The molecule has 2 aliphatic heterocycles. The van der Waals surface area contributed by atoms with Crippen LogP contribution >= 0.6 is 0 Å². The molecule has 26 heavy (non-hydrogen) atoms. The number of likely N-dealkylation sites (N-methyl/N-ethyl adjacent to an activating group) is 1. The summed E-state index contributed by atoms with van der Waals surface area (Å²) in [7, 11) is 3.49. The number of piperazine rings is 1. The number of benzene rings is 1. The zero-order chi connectivity index (χ0) is 18.7. The van der Waals surface area contributed by atoms with E-state index in [0.717, 1.165) is 11.1 Å². The number of aromatic nitrogens is 2. The standard InChI is InChI=1S/C18H22F2N4O2/c1-9-7-24-11(8-22(9)3)5-6-26-16-12-15(13(19)10(2)14(16)20)23(4)18(25)21-17(12)24/h9,11H,5-8H2,1-4H3. The molecule has 1 fully saturated rings. The molecule has 0 N–H and O–H groups in total. The zero-order valence-corrected chi connectivity index (χ0v) is 15.3. The summed E-state index contributed by atoms with van der Waals surface area (Å²) < 4.78 is 36.6. The van der Waals surface area contributed by atoms with Crippen LogP contribution in [0.1, 0.15) is 18.9 Å². The van der Waals surface area contributed by atoms with Crippen molar-refractivity contribution in [1.82, 2.24) is 14.5 Å². The predicted octanol–water partition coefficient (Wildman–Crippen LogP) is 1.81. The molecule has 6 nitrogen and oxygen atoms in total. The van der Waals surface area contributed by atoms with E-state index in [1.54, 1.807) is 0 Å². The van der Waals surface area contributed by atoms with Crippen molar-refractivity contribution < 1.29 is 13.5 Å². The number of nitrogens with zero attached hydrogens (tertiary/aromatic N) is 4. The summed E-state index contributed by atoms with van der Waals surface area (Å²) >= 11 is 0. The lowest BCUT2D eigenvalue weighted by molar-refractivity contribution is 0.177. The summed E-state index contributed by atoms with van der Waals surface area (Å²) in [6, 6.07) is 0.302. The van der Waals surface area contributed by atoms with Crippen LogP contribution in [0.2, 0.25) is 0 Å². The summed E-state index contributed by atoms with van der Waals surface area (Å²) in [4.78, 5) is 20.9. The van der Waals surface area contributed by atoms with Gasteiger partial charge in [-0.2, -0.15) is 4.98 Å². The van der Waals surface area contributed by atoms with Gasteiger partial charge >= 0.3 is 5.69 Å². The second kappa shape index (κ2) is 5.90. The molecule has 1 aromatic carbocycles. The Morgan fingerprint density at radius 1 is 1.19 bits per heavy atom. The van der Waals surface area contributed by atoms with Crippen LogP contribution in [0.15, 0.2) is 4.79 Å². The second-order valence-corrected chi connectivity index (χ2v) is 7.31. The van der Waals surface area contributed by atoms with E-state index in [1.807, 2.05) is 11.9 Å². The van der Waals surface area contributed by atoms with Crippen molar-refractivity contribution in [2.24, 2.45) is 7.05 Å². The Hall–Kier alpha value is -2.22. The first-order chi connectivity index (χ1) is 12.3. The van der Waals surface area contributed by atoms with Crippen molar-refractivity contribution in [1.29, 1.82) is 0 Å². The van der Waals surface area contributed by atoms with Gasteiger partial charge < -0.3 is 9.64 Å². The van der Waals surface area contributed by atoms with Crippen molar-refractivity contribution >= 4 is 16.7 Å². The van der Waals surface area contributed by atoms with Gasteiger partial charge in [0.25, 0.3) is 0 Å². The molecule has 0 aliphatic carbocycles. The zero-order valence-electron chi connectivity index (χ0n) is 15.3. The van der Waals surface area contributed by atoms with Gasteiger partial charge in [0.2, 0.25) is 0 Å². The number of anilines is 1. The van der Waals surface area contributed by atoms with Crippen LogP contribution < -0.4 is 15.3 Å². The van der Waals surface area contributed by atoms with Crippen LogP contribution in [0.4, 0.5) is 14.6 Å². The third kappa shape index (κ3) is 2.31. The fraction of sp³-hybridized carbons (Fsp3) is 0.556. The highest BCUT2D eigenvalue weighted by Gasteiger charge is 2.36. The van der Waals surface area contributed by atoms with E-state index in [0.29, 0.717) is 25.4 Å². The average molecular weight is 364 g/mol. The highest BCUT2D eigenvalue weighted by molar-refractivity contribution is 5.96. The molecule has 0 bridgehead atoms. The first-order valence-electron chi connectivity index (χ1n) is 8.79. The van der Waals surface area contributed by atoms with Gasteiger partial charge in [-0.3, -0.25) is 9.47 Å². The van der Waals surface area contributed by atoms with Gasteiger partial charge in [0, 0.05) is 44.2 Å². The highest BCUT2D eigenvalue weighted by Crippen LogP contribution is 2.40. The monoisotopic (exact) mass is 364 g/mol. The Labute approximate surface area is 150 Å². The van der Waals surface area contributed by atoms with Gasteiger partial charge in [0.15, 0.2) is 17.4 Å². The van der Waals surface area contributed by atoms with Gasteiger partial charge in [-0.25, -0.2) is 13.6 Å². The maximum Gasteiger partial charge on any atom is 0.349 e. The maximum absolute atomic E-state index is 14.9. The minimum absolute atomic E-state index is 0.0120. The number of aryl methyl sites for hydroxylation is 1. The average Bonchev–Trinajstić information content (AvgIpc) is 2.59. The Kier molecular flexibility index (Phi) is 3.91. The molecule has 140 valence electrons. The third-order valence-corrected chi connectivity index (χ3v) is 5.70. The molecule has 0 radical (unpaired) electrons. The largest absolute Gasteiger partial charge is 0.490 e. The number of fused-ring (bicyclic) bond motifs is 2. The number of rotatable bonds is 0. The first-order valence-corrected chi connectivity index (χ1v) is 8.79. The van der Waals surface area contributed by atoms with E-state index in [1.165, 1.54) is 14.0 Å². The van der Waals surface area contributed by atoms with E-state index < -0.39 is 17.3 Å². The van der Waals surface area contributed by atoms with Crippen LogP contribution in [0, 0.1) is 18.6 Å². The van der Waals surface area contributed by atoms with E-state index in [-0.39, 0.29) is 34.3 Å². The van der Waals surface area contributed by atoms with Crippen LogP contribution in [-0.4, -0.2) is 53.3 Å². The van der Waals surface area contributed by atoms with E-state index in [9.17, 15) is 13.6 Å². The van der Waals surface area contributed by atoms with Gasteiger partial charge in [0.05, 0.1) is 17.5 Å². The van der Waals surface area contributed by atoms with Crippen molar-refractivity contribution in [2.75, 3.05) is 31.6 Å². The summed E-state index contributed by atoms with van der Waals surface area (Å²) in [5.74, 6) is -1.16. The molecule has 8 heteroatoms. The molecular weight excluding hydrogens is 342 g/mol. The van der Waals surface area contributed by atoms with Crippen molar-refractivity contribution in [2.45, 2.75) is 32.4 Å². The molecule has 2 unspecified atom stereocenters. The van der Waals surface area contributed by atoms with Crippen LogP contribution in [0.3, 0.4) is 0 Å². The molecular formula is C18H22F2N4O2. The summed E-state index contributed by atoms with van der Waals surface area (Å²) in [6.45, 7) is 5.17. The third-order valence-electron chi connectivity index (χ3n) is 5.70. The lowest BCUT2D eigenvalue weighted by Crippen LogP contribution is -2.57. The Balaban J connectivity index is 2.09. The Morgan fingerprint density at radius 2 is 1.92 bits per heavy atom. The van der Waals surface area contributed by atoms with E-state index in [4.69, 9.17) is 4.74 Å². The highest BCUT2D eigenvalue weighted by atomic mass is 19.1. The molecule has 0 amide bonds. The topological polar surface area (TPSA) is 50.6 Å². The summed E-state index contributed by atoms with van der Waals surface area (Å²) in [6.07, 6.45) is 0.671. The molecule has 1 saturated heterocycles. The quantitative estimate of drug-likeness (QED) is 0.714. The number of ether oxygens (including phenoxy) is 1. The van der Waals surface area contributed by atoms with Crippen molar-refractivity contribution in [3.05, 3.63) is 27.7 Å². The van der Waals surface area contributed by atoms with Gasteiger partial charge in [-0.1, -0.05) is 0 Å². The van der Waals surface area contributed by atoms with Crippen LogP contribution in [0.5, 0.6) is 5.75 Å². The van der Waals surface area contributed by atoms with Crippen LogP contribution in [-0.2, 0) is 7.05 Å². The van der Waals surface area contributed by atoms with Gasteiger partial charge in [0.1, 0.15) is 5.82 Å². The molecule has 4 rings (SSSR count). The fourth-order valence-corrected chi connectivity index (χ4v) is 3.94. The number of hydrogen-bond acceptors (Lipinski definition) is 5. The maximum atomic E-state index is 14.9. The fourth-order valence-electron chi connectivity index (χ4n) is 3.94. The molecule has 2 aromatic rings. The SMILES string of the molecule is Cc1c(F)c2c3c(nc(=O)n(C)c3c1F)N1CC(C)N(C)CC1CCO2. The number of hydrogen-bond donors (Lipinski definition) is 0. The Morgan fingerprint density at radius 3 is 2.65 bits per heavy atom. The minimum Gasteiger partial charge on any atom is -0.490 e. The van der Waals surface area contributed by atoms with Gasteiger partial charge in [-0.05, 0) is 20.9 Å². The van der Waals surface area contributed by atoms with Crippen molar-refractivity contribution in [3.63, 3.8) is 0 Å². The first kappa shape index (κ1) is 17.2. The normalized spacial score (nSPS) is 23.4. The Bertz CT molecular complexity index is 959. The lowest BCUT2D eigenvalue weighted by Gasteiger charge is -2.45. The predicted molar refractivity (Wildman–Crippen MR) is 95.0 cm³/mol. The minimum atomic E-state index is -0.743. The lowest BCUT2D eigenvalue weighted by atomic mass is 10.0. The molecule has 2 aliphatic rings. The molecule has 0 saturated carbocycles.